The standard InChI is InChI=1S/C25H25N/c1-3-19-13-14-20-9-7-8-12-22(20)17-23(19)25-16-18(2)15-24(26-25)21-10-5-4-6-11-21/h4-17,19,25-26H,3H2,1-2H3. The Labute approximate surface area is 156 Å². The second-order valence-corrected chi connectivity index (χ2v) is 7.10. The lowest BCUT2D eigenvalue weighted by atomic mass is 9.87. The highest BCUT2D eigenvalue weighted by Crippen LogP contribution is 2.32. The van der Waals surface area contributed by atoms with Crippen LogP contribution in [0, 0.1) is 5.92 Å². The Morgan fingerprint density at radius 2 is 1.62 bits per heavy atom. The molecule has 1 N–H and O–H groups in total. The number of dihydropyridines is 1. The van der Waals surface area contributed by atoms with Gasteiger partial charge in [0.05, 0.1) is 6.04 Å². The molecule has 1 aliphatic heterocycles. The summed E-state index contributed by atoms with van der Waals surface area (Å²) >= 11 is 0. The molecule has 1 heteroatoms. The van der Waals surface area contributed by atoms with Crippen LogP contribution in [0.1, 0.15) is 37.0 Å². The Balaban J connectivity index is 1.73. The maximum Gasteiger partial charge on any atom is 0.0672 e. The van der Waals surface area contributed by atoms with Gasteiger partial charge in [0, 0.05) is 11.6 Å². The van der Waals surface area contributed by atoms with Crippen LogP contribution in [0.15, 0.2) is 84.0 Å². The lowest BCUT2D eigenvalue weighted by molar-refractivity contribution is 0.650. The fourth-order valence-electron chi connectivity index (χ4n) is 3.86. The minimum Gasteiger partial charge on any atom is -0.375 e. The average Bonchev–Trinajstić information content (AvgIpc) is 2.87. The van der Waals surface area contributed by atoms with Crippen LogP contribution in [0.3, 0.4) is 0 Å². The summed E-state index contributed by atoms with van der Waals surface area (Å²) in [5, 5.41) is 3.78. The number of benzene rings is 2. The van der Waals surface area contributed by atoms with Crippen LogP contribution in [0.4, 0.5) is 0 Å². The van der Waals surface area contributed by atoms with Crippen molar-refractivity contribution in [3.05, 3.63) is 101 Å². The SMILES string of the molecule is CCC1C=Cc2ccccc2C=C1C1C=C(C)C=C(c2ccccc2)N1. The van der Waals surface area contributed by atoms with Crippen LogP contribution in [0.2, 0.25) is 0 Å². The van der Waals surface area contributed by atoms with Gasteiger partial charge in [-0.15, -0.1) is 0 Å². The predicted octanol–water partition coefficient (Wildman–Crippen LogP) is 6.08. The Morgan fingerprint density at radius 3 is 2.38 bits per heavy atom. The van der Waals surface area contributed by atoms with E-state index in [1.165, 1.54) is 33.5 Å². The fourth-order valence-corrected chi connectivity index (χ4v) is 3.86. The smallest absolute Gasteiger partial charge is 0.0672 e. The normalized spacial score (nSPS) is 21.7. The van der Waals surface area contributed by atoms with Gasteiger partial charge in [0.1, 0.15) is 0 Å². The van der Waals surface area contributed by atoms with Crippen LogP contribution in [0.5, 0.6) is 0 Å². The van der Waals surface area contributed by atoms with Crippen molar-refractivity contribution in [2.45, 2.75) is 26.3 Å². The molecule has 0 fully saturated rings. The first-order valence-electron chi connectivity index (χ1n) is 9.45. The van der Waals surface area contributed by atoms with Crippen molar-refractivity contribution >= 4 is 17.8 Å². The van der Waals surface area contributed by atoms with Gasteiger partial charge in [0.2, 0.25) is 0 Å². The minimum absolute atomic E-state index is 0.218. The molecule has 0 aromatic heterocycles. The summed E-state index contributed by atoms with van der Waals surface area (Å²) < 4.78 is 0. The quantitative estimate of drug-likeness (QED) is 0.714. The summed E-state index contributed by atoms with van der Waals surface area (Å²) in [4.78, 5) is 0. The average molecular weight is 339 g/mol. The molecule has 1 nitrogen and oxygen atoms in total. The number of hydrogen-bond acceptors (Lipinski definition) is 1. The topological polar surface area (TPSA) is 12.0 Å². The molecular formula is C25H25N. The predicted molar refractivity (Wildman–Crippen MR) is 112 cm³/mol. The van der Waals surface area contributed by atoms with Crippen molar-refractivity contribution < 1.29 is 0 Å². The highest BCUT2D eigenvalue weighted by molar-refractivity contribution is 5.74. The Bertz CT molecular complexity index is 912. The number of allylic oxidation sites excluding steroid dienone is 3. The largest absolute Gasteiger partial charge is 0.375 e. The van der Waals surface area contributed by atoms with E-state index in [0.29, 0.717) is 5.92 Å². The van der Waals surface area contributed by atoms with Crippen molar-refractivity contribution in [1.82, 2.24) is 5.32 Å². The molecule has 130 valence electrons. The summed E-state index contributed by atoms with van der Waals surface area (Å²) in [7, 11) is 0. The lowest BCUT2D eigenvalue weighted by Gasteiger charge is -2.29. The van der Waals surface area contributed by atoms with Crippen molar-refractivity contribution in [1.29, 1.82) is 0 Å². The lowest BCUT2D eigenvalue weighted by Crippen LogP contribution is -2.32. The first kappa shape index (κ1) is 16.7. The minimum atomic E-state index is 0.218. The van der Waals surface area contributed by atoms with E-state index in [4.69, 9.17) is 0 Å². The van der Waals surface area contributed by atoms with E-state index in [0.717, 1.165) is 6.42 Å². The molecule has 4 rings (SSSR count). The van der Waals surface area contributed by atoms with Gasteiger partial charge in [0.25, 0.3) is 0 Å². The molecule has 0 saturated carbocycles. The van der Waals surface area contributed by atoms with Gasteiger partial charge in [-0.3, -0.25) is 0 Å². The van der Waals surface area contributed by atoms with Crippen LogP contribution in [-0.4, -0.2) is 6.04 Å². The molecule has 2 unspecified atom stereocenters. The Morgan fingerprint density at radius 1 is 0.885 bits per heavy atom. The van der Waals surface area contributed by atoms with E-state index in [1.807, 2.05) is 0 Å². The highest BCUT2D eigenvalue weighted by Gasteiger charge is 2.23. The van der Waals surface area contributed by atoms with E-state index in [9.17, 15) is 0 Å². The summed E-state index contributed by atoms with van der Waals surface area (Å²) in [6.45, 7) is 4.46. The van der Waals surface area contributed by atoms with Gasteiger partial charge < -0.3 is 5.32 Å². The van der Waals surface area contributed by atoms with E-state index in [2.05, 4.69) is 104 Å². The zero-order valence-corrected chi connectivity index (χ0v) is 15.4. The van der Waals surface area contributed by atoms with Crippen molar-refractivity contribution in [2.24, 2.45) is 5.92 Å². The first-order valence-corrected chi connectivity index (χ1v) is 9.45. The Hall–Kier alpha value is -2.80. The van der Waals surface area contributed by atoms with E-state index in [1.54, 1.807) is 0 Å². The zero-order chi connectivity index (χ0) is 17.9. The second-order valence-electron chi connectivity index (χ2n) is 7.10. The molecule has 0 saturated heterocycles. The highest BCUT2D eigenvalue weighted by atomic mass is 14.9. The molecule has 0 amide bonds. The fraction of sp³-hybridized carbons (Fsp3) is 0.200. The van der Waals surface area contributed by atoms with E-state index in [-0.39, 0.29) is 6.04 Å². The van der Waals surface area contributed by atoms with Gasteiger partial charge in [0.15, 0.2) is 0 Å². The third kappa shape index (κ3) is 3.30. The molecule has 26 heavy (non-hydrogen) atoms. The number of fused-ring (bicyclic) bond motifs is 1. The van der Waals surface area contributed by atoms with Crippen LogP contribution >= 0.6 is 0 Å². The van der Waals surface area contributed by atoms with Crippen LogP contribution in [-0.2, 0) is 0 Å². The van der Waals surface area contributed by atoms with Gasteiger partial charge in [-0.05, 0) is 41.7 Å². The van der Waals surface area contributed by atoms with Crippen molar-refractivity contribution in [3.63, 3.8) is 0 Å². The molecule has 2 aromatic rings. The molecule has 0 spiro atoms. The molecular weight excluding hydrogens is 314 g/mol. The number of rotatable bonds is 3. The van der Waals surface area contributed by atoms with E-state index >= 15 is 0 Å². The molecule has 2 atom stereocenters. The third-order valence-electron chi connectivity index (χ3n) is 5.25. The monoisotopic (exact) mass is 339 g/mol. The summed E-state index contributed by atoms with van der Waals surface area (Å²) in [5.41, 5.74) is 7.80. The summed E-state index contributed by atoms with van der Waals surface area (Å²) in [6.07, 6.45) is 12.7. The van der Waals surface area contributed by atoms with Gasteiger partial charge in [-0.1, -0.05) is 91.4 Å². The maximum absolute atomic E-state index is 3.78. The Kier molecular flexibility index (Phi) is 4.62. The van der Waals surface area contributed by atoms with Crippen LogP contribution < -0.4 is 5.32 Å². The zero-order valence-electron chi connectivity index (χ0n) is 15.4. The third-order valence-corrected chi connectivity index (χ3v) is 5.25. The summed E-state index contributed by atoms with van der Waals surface area (Å²) in [5.74, 6) is 0.444. The first-order chi connectivity index (χ1) is 12.7. The molecule has 1 aliphatic carbocycles. The molecule has 0 bridgehead atoms. The number of nitrogens with one attached hydrogen (secondary N) is 1. The summed E-state index contributed by atoms with van der Waals surface area (Å²) in [6, 6.07) is 19.5. The maximum atomic E-state index is 3.78. The van der Waals surface area contributed by atoms with Gasteiger partial charge in [-0.2, -0.15) is 0 Å². The molecule has 0 radical (unpaired) electrons. The van der Waals surface area contributed by atoms with Crippen LogP contribution in [0.25, 0.3) is 17.8 Å². The number of hydrogen-bond donors (Lipinski definition) is 1. The van der Waals surface area contributed by atoms with Gasteiger partial charge in [-0.25, -0.2) is 0 Å². The van der Waals surface area contributed by atoms with Crippen molar-refractivity contribution in [3.8, 4) is 0 Å². The molecule has 2 aromatic carbocycles. The van der Waals surface area contributed by atoms with E-state index < -0.39 is 0 Å². The van der Waals surface area contributed by atoms with Crippen molar-refractivity contribution in [2.75, 3.05) is 0 Å². The molecule has 1 heterocycles. The molecule has 2 aliphatic rings. The van der Waals surface area contributed by atoms with Gasteiger partial charge >= 0.3 is 0 Å². The second kappa shape index (κ2) is 7.21.